The van der Waals surface area contributed by atoms with Crippen molar-refractivity contribution in [3.8, 4) is 0 Å². The van der Waals surface area contributed by atoms with Gasteiger partial charge in [-0.2, -0.15) is 0 Å². The highest BCUT2D eigenvalue weighted by molar-refractivity contribution is 5.97. The number of para-hydroxylation sites is 1. The second-order valence-corrected chi connectivity index (χ2v) is 9.96. The van der Waals surface area contributed by atoms with Gasteiger partial charge in [0.05, 0.1) is 25.3 Å². The van der Waals surface area contributed by atoms with Gasteiger partial charge in [-0.3, -0.25) is 9.69 Å². The molecule has 2 bridgehead atoms. The van der Waals surface area contributed by atoms with Gasteiger partial charge in [-0.1, -0.05) is 48.5 Å². The zero-order valence-corrected chi connectivity index (χ0v) is 22.2. The lowest BCUT2D eigenvalue weighted by atomic mass is 9.83. The van der Waals surface area contributed by atoms with Crippen LogP contribution in [-0.2, 0) is 11.3 Å². The molecular formula is C29H28BrF3N2O3. The smallest absolute Gasteiger partial charge is 0.415 e. The largest absolute Gasteiger partial charge is 1.00 e. The van der Waals surface area contributed by atoms with Crippen LogP contribution < -0.4 is 21.9 Å². The summed E-state index contributed by atoms with van der Waals surface area (Å²) in [6, 6.07) is 18.2. The first-order valence-electron chi connectivity index (χ1n) is 12.4. The molecule has 3 aromatic carbocycles. The lowest BCUT2D eigenvalue weighted by Crippen LogP contribution is -3.00. The average Bonchev–Trinajstić information content (AvgIpc) is 2.90. The highest BCUT2D eigenvalue weighted by Crippen LogP contribution is 2.36. The molecule has 3 aliphatic rings. The monoisotopic (exact) mass is 588 g/mol. The fourth-order valence-electron chi connectivity index (χ4n) is 5.53. The molecular weight excluding hydrogens is 561 g/mol. The molecule has 3 heterocycles. The second-order valence-electron chi connectivity index (χ2n) is 9.96. The van der Waals surface area contributed by atoms with Gasteiger partial charge < -0.3 is 26.2 Å². The van der Waals surface area contributed by atoms with E-state index in [1.54, 1.807) is 18.2 Å². The standard InChI is InChI=1S/C29H28F3N2O3.BrH/c30-23-11-10-20(16-25(23)32)17-33(26-9-5-4-8-24(26)31)29(36)37-28-19-34(14-12-22(28)13-15-34)18-27(35)21-6-2-1-3-7-21;/h1-11,16,22,28H,12-15,17-19H2;1H/q+1;/p-1/t22?,28-,34?;/m0./s1. The van der Waals surface area contributed by atoms with Gasteiger partial charge in [0, 0.05) is 24.3 Å². The van der Waals surface area contributed by atoms with E-state index in [1.807, 2.05) is 18.2 Å². The second kappa shape index (κ2) is 11.7. The molecule has 3 fully saturated rings. The molecule has 0 N–H and O–H groups in total. The number of rotatable bonds is 7. The number of Topliss-reactive ketones (excluding diaryl/α,β-unsaturated/α-hetero) is 1. The highest BCUT2D eigenvalue weighted by Gasteiger charge is 2.49. The van der Waals surface area contributed by atoms with Crippen LogP contribution in [0.5, 0.6) is 0 Å². The van der Waals surface area contributed by atoms with Crippen LogP contribution in [0.1, 0.15) is 28.8 Å². The minimum atomic E-state index is -1.05. The number of hydrogen-bond acceptors (Lipinski definition) is 3. The number of halogens is 4. The lowest BCUT2D eigenvalue weighted by Gasteiger charge is -2.51. The number of amides is 1. The zero-order valence-electron chi connectivity index (χ0n) is 20.7. The molecule has 9 heteroatoms. The predicted molar refractivity (Wildman–Crippen MR) is 132 cm³/mol. The number of ketones is 1. The molecule has 1 amide bonds. The summed E-state index contributed by atoms with van der Waals surface area (Å²) in [5, 5.41) is 0. The van der Waals surface area contributed by atoms with Crippen LogP contribution in [0, 0.1) is 23.4 Å². The molecule has 200 valence electrons. The van der Waals surface area contributed by atoms with Crippen LogP contribution in [0.2, 0.25) is 0 Å². The van der Waals surface area contributed by atoms with E-state index < -0.39 is 29.6 Å². The van der Waals surface area contributed by atoms with Crippen molar-refractivity contribution in [2.75, 3.05) is 31.1 Å². The summed E-state index contributed by atoms with van der Waals surface area (Å²) in [5.41, 5.74) is 0.945. The van der Waals surface area contributed by atoms with Gasteiger partial charge in [-0.25, -0.2) is 18.0 Å². The Morgan fingerprint density at radius 3 is 2.24 bits per heavy atom. The fourth-order valence-corrected chi connectivity index (χ4v) is 5.53. The predicted octanol–water partition coefficient (Wildman–Crippen LogP) is 2.74. The van der Waals surface area contributed by atoms with E-state index in [2.05, 4.69) is 0 Å². The van der Waals surface area contributed by atoms with Crippen molar-refractivity contribution in [3.63, 3.8) is 0 Å². The van der Waals surface area contributed by atoms with E-state index in [0.717, 1.165) is 43.0 Å². The number of quaternary nitrogens is 1. The maximum atomic E-state index is 14.7. The van der Waals surface area contributed by atoms with Crippen molar-refractivity contribution < 1.29 is 49.0 Å². The Morgan fingerprint density at radius 1 is 0.868 bits per heavy atom. The fraction of sp³-hybridized carbons (Fsp3) is 0.310. The summed E-state index contributed by atoms with van der Waals surface area (Å²) in [7, 11) is 0. The topological polar surface area (TPSA) is 46.6 Å². The first-order valence-corrected chi connectivity index (χ1v) is 12.4. The number of carbonyl (C=O) groups excluding carboxylic acids is 2. The Morgan fingerprint density at radius 2 is 1.55 bits per heavy atom. The quantitative estimate of drug-likeness (QED) is 0.315. The normalized spacial score (nSPS) is 21.9. The van der Waals surface area contributed by atoms with E-state index in [9.17, 15) is 22.8 Å². The Hall–Kier alpha value is -3.17. The van der Waals surface area contributed by atoms with Crippen molar-refractivity contribution in [2.45, 2.75) is 25.5 Å². The molecule has 0 radical (unpaired) electrons. The molecule has 1 atom stereocenters. The summed E-state index contributed by atoms with van der Waals surface area (Å²) in [4.78, 5) is 27.5. The van der Waals surface area contributed by atoms with E-state index in [4.69, 9.17) is 4.74 Å². The van der Waals surface area contributed by atoms with Crippen LogP contribution in [0.3, 0.4) is 0 Å². The number of ether oxygens (including phenoxy) is 1. The molecule has 0 unspecified atom stereocenters. The molecule has 5 nitrogen and oxygen atoms in total. The third kappa shape index (κ3) is 5.94. The van der Waals surface area contributed by atoms with Gasteiger partial charge in [0.1, 0.15) is 18.9 Å². The summed E-state index contributed by atoms with van der Waals surface area (Å²) in [6.45, 7) is 2.31. The Labute approximate surface area is 230 Å². The summed E-state index contributed by atoms with van der Waals surface area (Å²) in [5.74, 6) is -2.48. The summed E-state index contributed by atoms with van der Waals surface area (Å²) >= 11 is 0. The zero-order chi connectivity index (χ0) is 26.0. The van der Waals surface area contributed by atoms with Gasteiger partial charge in [0.15, 0.2) is 17.7 Å². The molecule has 0 spiro atoms. The lowest BCUT2D eigenvalue weighted by molar-refractivity contribution is -0.938. The summed E-state index contributed by atoms with van der Waals surface area (Å²) < 4.78 is 48.5. The molecule has 38 heavy (non-hydrogen) atoms. The van der Waals surface area contributed by atoms with Crippen molar-refractivity contribution in [2.24, 2.45) is 5.92 Å². The van der Waals surface area contributed by atoms with Crippen LogP contribution in [0.25, 0.3) is 0 Å². The maximum Gasteiger partial charge on any atom is 0.415 e. The van der Waals surface area contributed by atoms with Gasteiger partial charge in [-0.15, -0.1) is 0 Å². The van der Waals surface area contributed by atoms with Crippen LogP contribution in [0.15, 0.2) is 72.8 Å². The molecule has 0 aromatic heterocycles. The Kier molecular flexibility index (Phi) is 8.57. The van der Waals surface area contributed by atoms with Crippen molar-refractivity contribution in [1.82, 2.24) is 0 Å². The van der Waals surface area contributed by atoms with Crippen LogP contribution in [0.4, 0.5) is 23.7 Å². The first-order chi connectivity index (χ1) is 17.8. The maximum absolute atomic E-state index is 14.7. The molecule has 3 saturated heterocycles. The van der Waals surface area contributed by atoms with Crippen molar-refractivity contribution >= 4 is 17.6 Å². The number of fused-ring (bicyclic) bond motifs is 3. The highest BCUT2D eigenvalue weighted by atomic mass is 79.9. The van der Waals surface area contributed by atoms with Crippen molar-refractivity contribution in [1.29, 1.82) is 0 Å². The van der Waals surface area contributed by atoms with Gasteiger partial charge in [-0.05, 0) is 29.8 Å². The molecule has 3 aliphatic heterocycles. The average molecular weight is 589 g/mol. The SMILES string of the molecule is O=C(C[N+]12CCC(CC1)[C@@H](OC(=O)N(Cc1ccc(F)c(F)c1)c1ccccc1F)C2)c1ccccc1.[Br-]. The van der Waals surface area contributed by atoms with E-state index >= 15 is 0 Å². The molecule has 0 saturated carbocycles. The van der Waals surface area contributed by atoms with Crippen LogP contribution in [-0.4, -0.2) is 48.6 Å². The van der Waals surface area contributed by atoms with Gasteiger partial charge >= 0.3 is 6.09 Å². The Balaban J connectivity index is 0.00000336. The third-order valence-corrected chi connectivity index (χ3v) is 7.56. The third-order valence-electron chi connectivity index (χ3n) is 7.56. The molecule has 6 rings (SSSR count). The van der Waals surface area contributed by atoms with E-state index in [-0.39, 0.29) is 40.9 Å². The first kappa shape index (κ1) is 27.9. The summed E-state index contributed by atoms with van der Waals surface area (Å²) in [6.07, 6.45) is 0.449. The van der Waals surface area contributed by atoms with E-state index in [0.29, 0.717) is 28.7 Å². The number of benzene rings is 3. The molecule has 3 aromatic rings. The number of carbonyl (C=O) groups is 2. The number of anilines is 1. The van der Waals surface area contributed by atoms with E-state index in [1.165, 1.54) is 24.3 Å². The van der Waals surface area contributed by atoms with Gasteiger partial charge in [0.25, 0.3) is 0 Å². The van der Waals surface area contributed by atoms with Gasteiger partial charge in [0.2, 0.25) is 5.78 Å². The van der Waals surface area contributed by atoms with Crippen LogP contribution >= 0.6 is 0 Å². The molecule has 0 aliphatic carbocycles. The Bertz CT molecular complexity index is 1300. The minimum Gasteiger partial charge on any atom is -1.00 e. The van der Waals surface area contributed by atoms with Crippen molar-refractivity contribution in [3.05, 3.63) is 101 Å². The number of piperidine rings is 3. The minimum absolute atomic E-state index is 0. The number of hydrogen-bond donors (Lipinski definition) is 0. The number of nitrogens with zero attached hydrogens (tertiary/aromatic N) is 2.